The normalized spacial score (nSPS) is 19.0. The van der Waals surface area contributed by atoms with Gasteiger partial charge in [-0.1, -0.05) is 23.4 Å². The fourth-order valence-electron chi connectivity index (χ4n) is 1.73. The molecule has 24 heavy (non-hydrogen) atoms. The van der Waals surface area contributed by atoms with Gasteiger partial charge in [-0.3, -0.25) is 19.7 Å². The van der Waals surface area contributed by atoms with Gasteiger partial charge in [0.1, 0.15) is 5.25 Å². The number of carboxylic acid groups (broad SMARTS) is 1. The minimum Gasteiger partial charge on any atom is -0.502 e. The molecular weight excluding hydrogens is 364 g/mol. The molecule has 0 saturated carbocycles. The Labute approximate surface area is 143 Å². The molecule has 2 rings (SSSR count). The number of carbonyl (C=O) groups excluding carboxylic acids is 1. The summed E-state index contributed by atoms with van der Waals surface area (Å²) in [6, 6.07) is 2.24. The van der Waals surface area contributed by atoms with Gasteiger partial charge in [-0.2, -0.15) is 5.10 Å². The first kappa shape index (κ1) is 17.7. The lowest BCUT2D eigenvalue weighted by molar-refractivity contribution is -0.385. The summed E-state index contributed by atoms with van der Waals surface area (Å²) in [4.78, 5) is 32.1. The summed E-state index contributed by atoms with van der Waals surface area (Å²) in [6.45, 7) is 0. The SMILES string of the molecule is O=C(O)CC1SC(=NN=Cc2cc(Cl)cc([N+](=O)[O-])c2O)NC1=O. The van der Waals surface area contributed by atoms with Gasteiger partial charge in [0, 0.05) is 16.7 Å². The number of amides is 1. The van der Waals surface area contributed by atoms with E-state index in [1.165, 1.54) is 6.07 Å². The average Bonchev–Trinajstić information content (AvgIpc) is 2.81. The van der Waals surface area contributed by atoms with Crippen LogP contribution in [0, 0.1) is 10.1 Å². The monoisotopic (exact) mass is 372 g/mol. The number of hydrogen-bond donors (Lipinski definition) is 3. The van der Waals surface area contributed by atoms with Crippen LogP contribution in [0.1, 0.15) is 12.0 Å². The van der Waals surface area contributed by atoms with E-state index in [1.807, 2.05) is 0 Å². The molecule has 1 aromatic rings. The van der Waals surface area contributed by atoms with Gasteiger partial charge in [0.2, 0.25) is 11.7 Å². The molecule has 1 heterocycles. The van der Waals surface area contributed by atoms with Gasteiger partial charge in [-0.05, 0) is 6.07 Å². The van der Waals surface area contributed by atoms with E-state index in [2.05, 4.69) is 15.5 Å². The Morgan fingerprint density at radius 2 is 2.25 bits per heavy atom. The number of aliphatic carboxylic acids is 1. The molecule has 1 aromatic carbocycles. The molecular formula is C12H9ClN4O6S. The quantitative estimate of drug-likeness (QED) is 0.400. The van der Waals surface area contributed by atoms with Gasteiger partial charge in [-0.25, -0.2) is 0 Å². The third kappa shape index (κ3) is 4.20. The lowest BCUT2D eigenvalue weighted by atomic mass is 10.2. The summed E-state index contributed by atoms with van der Waals surface area (Å²) >= 11 is 6.62. The van der Waals surface area contributed by atoms with Crippen molar-refractivity contribution in [2.75, 3.05) is 0 Å². The van der Waals surface area contributed by atoms with Crippen LogP contribution in [0.3, 0.4) is 0 Å². The Bertz CT molecular complexity index is 781. The van der Waals surface area contributed by atoms with E-state index in [4.69, 9.17) is 16.7 Å². The van der Waals surface area contributed by atoms with Crippen LogP contribution in [0.4, 0.5) is 5.69 Å². The van der Waals surface area contributed by atoms with E-state index >= 15 is 0 Å². The molecule has 0 bridgehead atoms. The molecule has 1 atom stereocenters. The molecule has 1 aliphatic heterocycles. The third-order valence-electron chi connectivity index (χ3n) is 2.76. The second kappa shape index (κ2) is 7.27. The van der Waals surface area contributed by atoms with E-state index in [1.54, 1.807) is 0 Å². The number of nitrogens with one attached hydrogen (secondary N) is 1. The summed E-state index contributed by atoms with van der Waals surface area (Å²) in [5.74, 6) is -2.25. The second-order valence-electron chi connectivity index (χ2n) is 4.46. The Balaban J connectivity index is 2.16. The average molecular weight is 373 g/mol. The maximum absolute atomic E-state index is 11.5. The first-order chi connectivity index (χ1) is 11.3. The zero-order valence-electron chi connectivity index (χ0n) is 11.7. The highest BCUT2D eigenvalue weighted by Gasteiger charge is 2.32. The zero-order chi connectivity index (χ0) is 17.9. The van der Waals surface area contributed by atoms with Gasteiger partial charge in [-0.15, -0.1) is 5.10 Å². The minimum absolute atomic E-state index is 0.0265. The van der Waals surface area contributed by atoms with E-state index in [0.29, 0.717) is 0 Å². The van der Waals surface area contributed by atoms with Crippen molar-refractivity contribution in [2.45, 2.75) is 11.7 Å². The van der Waals surface area contributed by atoms with Crippen molar-refractivity contribution in [1.29, 1.82) is 0 Å². The Morgan fingerprint density at radius 1 is 1.54 bits per heavy atom. The fourth-order valence-corrected chi connectivity index (χ4v) is 2.87. The van der Waals surface area contributed by atoms with Crippen molar-refractivity contribution in [2.24, 2.45) is 10.2 Å². The minimum atomic E-state index is -1.12. The van der Waals surface area contributed by atoms with E-state index in [9.17, 15) is 24.8 Å². The molecule has 126 valence electrons. The van der Waals surface area contributed by atoms with Crippen molar-refractivity contribution >= 4 is 52.3 Å². The van der Waals surface area contributed by atoms with Gasteiger partial charge >= 0.3 is 11.7 Å². The highest BCUT2D eigenvalue weighted by Crippen LogP contribution is 2.32. The second-order valence-corrected chi connectivity index (χ2v) is 6.09. The van der Waals surface area contributed by atoms with Crippen LogP contribution in [0.2, 0.25) is 5.02 Å². The molecule has 1 fully saturated rings. The van der Waals surface area contributed by atoms with Gasteiger partial charge in [0.15, 0.2) is 5.17 Å². The number of benzene rings is 1. The topological polar surface area (TPSA) is 154 Å². The molecule has 10 nitrogen and oxygen atoms in total. The third-order valence-corrected chi connectivity index (χ3v) is 4.05. The van der Waals surface area contributed by atoms with E-state index < -0.39 is 33.5 Å². The number of nitro groups is 1. The molecule has 12 heteroatoms. The molecule has 1 saturated heterocycles. The van der Waals surface area contributed by atoms with Crippen molar-refractivity contribution in [3.05, 3.63) is 32.8 Å². The van der Waals surface area contributed by atoms with Crippen LogP contribution in [0.15, 0.2) is 22.3 Å². The molecule has 1 aliphatic rings. The van der Waals surface area contributed by atoms with Crippen LogP contribution >= 0.6 is 23.4 Å². The maximum Gasteiger partial charge on any atom is 0.312 e. The number of nitro benzene ring substituents is 1. The van der Waals surface area contributed by atoms with Gasteiger partial charge in [0.25, 0.3) is 0 Å². The summed E-state index contributed by atoms with van der Waals surface area (Å²) in [6.07, 6.45) is 0.666. The van der Waals surface area contributed by atoms with E-state index in [-0.39, 0.29) is 22.2 Å². The Kier molecular flexibility index (Phi) is 5.36. The van der Waals surface area contributed by atoms with Gasteiger partial charge in [0.05, 0.1) is 17.6 Å². The fraction of sp³-hybridized carbons (Fsp3) is 0.167. The number of amidine groups is 1. The summed E-state index contributed by atoms with van der Waals surface area (Å²) in [5.41, 5.74) is -0.614. The highest BCUT2D eigenvalue weighted by atomic mass is 35.5. The van der Waals surface area contributed by atoms with Crippen LogP contribution in [-0.4, -0.2) is 43.6 Å². The molecule has 0 radical (unpaired) electrons. The van der Waals surface area contributed by atoms with Crippen molar-refractivity contribution < 1.29 is 24.7 Å². The standard InChI is InChI=1S/C12H9ClN4O6S/c13-6-1-5(10(20)7(2-6)17(22)23)4-14-16-12-15-11(21)8(24-12)3-9(18)19/h1-2,4,8,20H,3H2,(H,18,19)(H,15,16,21). The number of nitrogens with zero attached hydrogens (tertiary/aromatic N) is 3. The molecule has 3 N–H and O–H groups in total. The zero-order valence-corrected chi connectivity index (χ0v) is 13.2. The molecule has 0 aromatic heterocycles. The molecule has 1 unspecified atom stereocenters. The number of carbonyl (C=O) groups is 2. The predicted molar refractivity (Wildman–Crippen MR) is 86.6 cm³/mol. The van der Waals surface area contributed by atoms with E-state index in [0.717, 1.165) is 24.0 Å². The molecule has 0 spiro atoms. The van der Waals surface area contributed by atoms with Gasteiger partial charge < -0.3 is 15.5 Å². The maximum atomic E-state index is 11.5. The molecule has 0 aliphatic carbocycles. The van der Waals surface area contributed by atoms with Crippen LogP contribution in [0.25, 0.3) is 0 Å². The number of phenolic OH excluding ortho intramolecular Hbond substituents is 1. The number of halogens is 1. The van der Waals surface area contributed by atoms with Crippen molar-refractivity contribution in [1.82, 2.24) is 5.32 Å². The number of hydrogen-bond acceptors (Lipinski definition) is 8. The lowest BCUT2D eigenvalue weighted by Gasteiger charge is -2.00. The molecule has 1 amide bonds. The number of carboxylic acids is 1. The van der Waals surface area contributed by atoms with Crippen molar-refractivity contribution in [3.63, 3.8) is 0 Å². The first-order valence-corrected chi connectivity index (χ1v) is 7.51. The number of thioether (sulfide) groups is 1. The van der Waals surface area contributed by atoms with Crippen LogP contribution < -0.4 is 5.32 Å². The van der Waals surface area contributed by atoms with Crippen LogP contribution in [0.5, 0.6) is 5.75 Å². The largest absolute Gasteiger partial charge is 0.502 e. The van der Waals surface area contributed by atoms with Crippen LogP contribution in [-0.2, 0) is 9.59 Å². The summed E-state index contributed by atoms with van der Waals surface area (Å²) in [7, 11) is 0. The number of phenols is 1. The first-order valence-electron chi connectivity index (χ1n) is 6.25. The number of rotatable bonds is 5. The summed E-state index contributed by atoms with van der Waals surface area (Å²) < 4.78 is 0. The number of aromatic hydroxyl groups is 1. The predicted octanol–water partition coefficient (Wildman–Crippen LogP) is 1.35. The Hall–Kier alpha value is -2.66. The smallest absolute Gasteiger partial charge is 0.312 e. The lowest BCUT2D eigenvalue weighted by Crippen LogP contribution is -2.26. The Morgan fingerprint density at radius 3 is 2.88 bits per heavy atom. The van der Waals surface area contributed by atoms with Crippen molar-refractivity contribution in [3.8, 4) is 5.75 Å². The summed E-state index contributed by atoms with van der Waals surface area (Å²) in [5, 5.41) is 38.2. The highest BCUT2D eigenvalue weighted by molar-refractivity contribution is 8.15.